The number of pyridine rings is 1. The summed E-state index contributed by atoms with van der Waals surface area (Å²) in [5.41, 5.74) is 2.06. The molecule has 3 aromatic heterocycles. The quantitative estimate of drug-likeness (QED) is 0.702. The zero-order chi connectivity index (χ0) is 20.0. The zero-order valence-corrected chi connectivity index (χ0v) is 16.1. The predicted molar refractivity (Wildman–Crippen MR) is 104 cm³/mol. The Balaban J connectivity index is 1.35. The van der Waals surface area contributed by atoms with Gasteiger partial charge in [-0.3, -0.25) is 14.2 Å². The molecule has 0 bridgehead atoms. The number of aromatic nitrogens is 6. The van der Waals surface area contributed by atoms with Gasteiger partial charge in [-0.15, -0.1) is 10.2 Å². The lowest BCUT2D eigenvalue weighted by molar-refractivity contribution is 0.0657. The number of nitrogens with zero attached hydrogens (tertiary/aromatic N) is 6. The highest BCUT2D eigenvalue weighted by Gasteiger charge is 2.44. The summed E-state index contributed by atoms with van der Waals surface area (Å²) in [5.74, 6) is 1.18. The van der Waals surface area contributed by atoms with Gasteiger partial charge in [-0.25, -0.2) is 9.97 Å². The standard InChI is InChI=1S/C20H21N7O2/c1-13-23-17-14(18(28)24-13)5-6-20(17)7-9-26(10-8-20)19(29)15-3-2-4-16(25-15)27-11-21-22-12-27/h2-4,11-12H,5-10H2,1H3,(H,23,24,28). The van der Waals surface area contributed by atoms with Crippen molar-refractivity contribution < 1.29 is 4.79 Å². The highest BCUT2D eigenvalue weighted by Crippen LogP contribution is 2.44. The lowest BCUT2D eigenvalue weighted by Gasteiger charge is -2.39. The van der Waals surface area contributed by atoms with Gasteiger partial charge in [0.25, 0.3) is 11.5 Å². The molecule has 29 heavy (non-hydrogen) atoms. The summed E-state index contributed by atoms with van der Waals surface area (Å²) in [6.45, 7) is 3.08. The molecular formula is C20H21N7O2. The van der Waals surface area contributed by atoms with E-state index in [0.717, 1.165) is 36.9 Å². The Morgan fingerprint density at radius 3 is 2.62 bits per heavy atom. The summed E-state index contributed by atoms with van der Waals surface area (Å²) in [4.78, 5) is 39.1. The fourth-order valence-electron chi connectivity index (χ4n) is 4.56. The molecule has 1 spiro atoms. The summed E-state index contributed by atoms with van der Waals surface area (Å²) >= 11 is 0. The minimum absolute atomic E-state index is 0.0158. The van der Waals surface area contributed by atoms with Crippen LogP contribution in [0.3, 0.4) is 0 Å². The van der Waals surface area contributed by atoms with Gasteiger partial charge in [0.05, 0.1) is 5.69 Å². The first-order valence-corrected chi connectivity index (χ1v) is 9.77. The molecule has 0 aromatic carbocycles. The number of fused-ring (bicyclic) bond motifs is 2. The van der Waals surface area contributed by atoms with Gasteiger partial charge < -0.3 is 9.88 Å². The third-order valence-electron chi connectivity index (χ3n) is 6.13. The molecule has 9 nitrogen and oxygen atoms in total. The van der Waals surface area contributed by atoms with Crippen LogP contribution < -0.4 is 5.56 Å². The van der Waals surface area contributed by atoms with E-state index in [1.165, 1.54) is 0 Å². The summed E-state index contributed by atoms with van der Waals surface area (Å²) < 4.78 is 1.67. The number of carbonyl (C=O) groups is 1. The number of aryl methyl sites for hydroxylation is 1. The highest BCUT2D eigenvalue weighted by molar-refractivity contribution is 5.92. The predicted octanol–water partition coefficient (Wildman–Crippen LogP) is 1.17. The molecule has 4 heterocycles. The van der Waals surface area contributed by atoms with Gasteiger partial charge in [-0.1, -0.05) is 6.07 Å². The fourth-order valence-corrected chi connectivity index (χ4v) is 4.56. The Bertz CT molecular complexity index is 1130. The van der Waals surface area contributed by atoms with Gasteiger partial charge in [-0.05, 0) is 44.7 Å². The molecule has 3 aromatic rings. The summed E-state index contributed by atoms with van der Waals surface area (Å²) in [7, 11) is 0. The van der Waals surface area contributed by atoms with Crippen LogP contribution in [0.2, 0.25) is 0 Å². The van der Waals surface area contributed by atoms with Crippen molar-refractivity contribution in [1.82, 2.24) is 34.6 Å². The largest absolute Gasteiger partial charge is 0.337 e. The van der Waals surface area contributed by atoms with Gasteiger partial charge in [0.15, 0.2) is 0 Å². The molecule has 0 radical (unpaired) electrons. The van der Waals surface area contributed by atoms with Crippen LogP contribution in [-0.2, 0) is 11.8 Å². The zero-order valence-electron chi connectivity index (χ0n) is 16.1. The van der Waals surface area contributed by atoms with E-state index in [4.69, 9.17) is 0 Å². The third kappa shape index (κ3) is 2.93. The van der Waals surface area contributed by atoms with Gasteiger partial charge in [0.1, 0.15) is 30.0 Å². The average Bonchev–Trinajstić information content (AvgIpc) is 3.38. The van der Waals surface area contributed by atoms with Gasteiger partial charge >= 0.3 is 0 Å². The monoisotopic (exact) mass is 391 g/mol. The Morgan fingerprint density at radius 1 is 1.10 bits per heavy atom. The second-order valence-electron chi connectivity index (χ2n) is 7.80. The number of nitrogens with one attached hydrogen (secondary N) is 1. The fraction of sp³-hybridized carbons (Fsp3) is 0.400. The molecule has 5 rings (SSSR count). The van der Waals surface area contributed by atoms with Crippen molar-refractivity contribution in [2.24, 2.45) is 0 Å². The van der Waals surface area contributed by atoms with E-state index < -0.39 is 0 Å². The number of H-pyrrole nitrogens is 1. The Kier molecular flexibility index (Phi) is 4.04. The number of rotatable bonds is 2. The normalized spacial score (nSPS) is 17.5. The molecule has 0 saturated carbocycles. The lowest BCUT2D eigenvalue weighted by Crippen LogP contribution is -2.45. The minimum atomic E-state index is -0.0944. The van der Waals surface area contributed by atoms with Crippen molar-refractivity contribution in [2.75, 3.05) is 13.1 Å². The first-order valence-electron chi connectivity index (χ1n) is 9.77. The maximum Gasteiger partial charge on any atom is 0.272 e. The van der Waals surface area contributed by atoms with Crippen LogP contribution in [-0.4, -0.2) is 53.6 Å². The van der Waals surface area contributed by atoms with Gasteiger partial charge in [0.2, 0.25) is 0 Å². The molecular weight excluding hydrogens is 370 g/mol. The van der Waals surface area contributed by atoms with Crippen molar-refractivity contribution in [3.63, 3.8) is 0 Å². The highest BCUT2D eigenvalue weighted by atomic mass is 16.2. The number of aromatic amines is 1. The maximum atomic E-state index is 13.0. The van der Waals surface area contributed by atoms with Gasteiger partial charge in [-0.2, -0.15) is 0 Å². The molecule has 1 N–H and O–H groups in total. The number of piperidine rings is 1. The second kappa shape index (κ2) is 6.61. The summed E-state index contributed by atoms with van der Waals surface area (Å²) in [5, 5.41) is 7.56. The number of hydrogen-bond donors (Lipinski definition) is 1. The van der Waals surface area contributed by atoms with Crippen LogP contribution in [0.25, 0.3) is 5.82 Å². The molecule has 0 unspecified atom stereocenters. The molecule has 2 aliphatic rings. The van der Waals surface area contributed by atoms with Gasteiger partial charge in [0, 0.05) is 24.1 Å². The number of amides is 1. The van der Waals surface area contributed by atoms with Crippen molar-refractivity contribution in [1.29, 1.82) is 0 Å². The average molecular weight is 391 g/mol. The molecule has 9 heteroatoms. The topological polar surface area (TPSA) is 110 Å². The molecule has 1 fully saturated rings. The van der Waals surface area contributed by atoms with Crippen LogP contribution in [0.4, 0.5) is 0 Å². The lowest BCUT2D eigenvalue weighted by atomic mass is 9.76. The van der Waals surface area contributed by atoms with E-state index in [1.807, 2.05) is 24.0 Å². The maximum absolute atomic E-state index is 13.0. The molecule has 0 atom stereocenters. The minimum Gasteiger partial charge on any atom is -0.337 e. The molecule has 1 amide bonds. The Labute approximate surface area is 166 Å². The van der Waals surface area contributed by atoms with Crippen molar-refractivity contribution in [3.8, 4) is 5.82 Å². The second-order valence-corrected chi connectivity index (χ2v) is 7.80. The SMILES string of the molecule is Cc1nc2c(c(=O)[nH]1)CCC21CCN(C(=O)c2cccc(-n3cnnc3)n2)CC1. The van der Waals surface area contributed by atoms with Crippen LogP contribution in [0.1, 0.15) is 46.8 Å². The molecule has 148 valence electrons. The number of carbonyl (C=O) groups excluding carboxylic acids is 1. The first-order chi connectivity index (χ1) is 14.1. The first kappa shape index (κ1) is 17.7. The molecule has 1 aliphatic carbocycles. The van der Waals surface area contributed by atoms with E-state index in [1.54, 1.807) is 23.3 Å². The van der Waals surface area contributed by atoms with E-state index >= 15 is 0 Å². The van der Waals surface area contributed by atoms with Crippen LogP contribution in [0.15, 0.2) is 35.6 Å². The molecule has 1 aliphatic heterocycles. The Hall–Kier alpha value is -3.36. The van der Waals surface area contributed by atoms with Crippen LogP contribution in [0.5, 0.6) is 0 Å². The van der Waals surface area contributed by atoms with Crippen molar-refractivity contribution in [2.45, 2.75) is 38.0 Å². The summed E-state index contributed by atoms with van der Waals surface area (Å²) in [6, 6.07) is 5.36. The Morgan fingerprint density at radius 2 is 1.86 bits per heavy atom. The van der Waals surface area contributed by atoms with E-state index in [-0.39, 0.29) is 16.9 Å². The van der Waals surface area contributed by atoms with E-state index in [0.29, 0.717) is 30.4 Å². The van der Waals surface area contributed by atoms with Crippen molar-refractivity contribution in [3.05, 3.63) is 64.0 Å². The summed E-state index contributed by atoms with van der Waals surface area (Å²) in [6.07, 6.45) is 6.41. The van der Waals surface area contributed by atoms with Crippen LogP contribution >= 0.6 is 0 Å². The van der Waals surface area contributed by atoms with Crippen LogP contribution in [0, 0.1) is 6.92 Å². The van der Waals surface area contributed by atoms with E-state index in [9.17, 15) is 9.59 Å². The number of hydrogen-bond acceptors (Lipinski definition) is 6. The third-order valence-corrected chi connectivity index (χ3v) is 6.13. The smallest absolute Gasteiger partial charge is 0.272 e. The van der Waals surface area contributed by atoms with Crippen molar-refractivity contribution >= 4 is 5.91 Å². The molecule has 1 saturated heterocycles. The number of likely N-dealkylation sites (tertiary alicyclic amines) is 1. The van der Waals surface area contributed by atoms with E-state index in [2.05, 4.69) is 25.1 Å².